The van der Waals surface area contributed by atoms with Gasteiger partial charge < -0.3 is 8.94 Å². The summed E-state index contributed by atoms with van der Waals surface area (Å²) in [7, 11) is 0. The molecule has 96 valence electrons. The van der Waals surface area contributed by atoms with E-state index in [2.05, 4.69) is 31.3 Å². The Kier molecular flexibility index (Phi) is 3.65. The molecule has 5 nitrogen and oxygen atoms in total. The summed E-state index contributed by atoms with van der Waals surface area (Å²) in [6, 6.07) is 9.52. The molecule has 1 aromatic carbocycles. The monoisotopic (exact) mass is 337 g/mol. The molecule has 0 atom stereocenters. The van der Waals surface area contributed by atoms with Crippen molar-refractivity contribution in [1.82, 2.24) is 15.4 Å². The van der Waals surface area contributed by atoms with Crippen molar-refractivity contribution in [3.8, 4) is 11.5 Å². The van der Waals surface area contributed by atoms with Crippen molar-refractivity contribution >= 4 is 27.7 Å². The van der Waals surface area contributed by atoms with Crippen molar-refractivity contribution in [3.05, 3.63) is 46.8 Å². The van der Waals surface area contributed by atoms with Gasteiger partial charge in [0.15, 0.2) is 0 Å². The summed E-state index contributed by atoms with van der Waals surface area (Å²) >= 11 is 4.83. The highest BCUT2D eigenvalue weighted by molar-refractivity contribution is 9.10. The van der Waals surface area contributed by atoms with Crippen molar-refractivity contribution in [3.63, 3.8) is 0 Å². The second kappa shape index (κ2) is 5.58. The van der Waals surface area contributed by atoms with Gasteiger partial charge in [-0.05, 0) is 18.2 Å². The molecule has 0 aliphatic rings. The third kappa shape index (κ3) is 3.05. The zero-order valence-electron chi connectivity index (χ0n) is 9.62. The predicted octanol–water partition coefficient (Wildman–Crippen LogP) is 3.78. The lowest BCUT2D eigenvalue weighted by Crippen LogP contribution is -1.79. The number of hydrogen-bond donors (Lipinski definition) is 0. The Balaban J connectivity index is 1.72. The Hall–Kier alpha value is -1.60. The van der Waals surface area contributed by atoms with Crippen LogP contribution in [0.3, 0.4) is 0 Å². The highest BCUT2D eigenvalue weighted by Crippen LogP contribution is 2.26. The predicted molar refractivity (Wildman–Crippen MR) is 73.5 cm³/mol. The highest BCUT2D eigenvalue weighted by Gasteiger charge is 2.10. The molecule has 0 saturated carbocycles. The molecule has 0 N–H and O–H groups in total. The minimum Gasteiger partial charge on any atom is -0.411 e. The molecule has 0 radical (unpaired) electrons. The molecular formula is C12H8BrN3O2S. The molecule has 0 fully saturated rings. The topological polar surface area (TPSA) is 65.0 Å². The smallest absolute Gasteiger partial charge is 0.277 e. The summed E-state index contributed by atoms with van der Waals surface area (Å²) < 4.78 is 11.3. The molecule has 0 bridgehead atoms. The fraction of sp³-hybridized carbons (Fsp3) is 0.0833. The van der Waals surface area contributed by atoms with Gasteiger partial charge in [-0.3, -0.25) is 0 Å². The van der Waals surface area contributed by atoms with Crippen LogP contribution >= 0.6 is 27.7 Å². The summed E-state index contributed by atoms with van der Waals surface area (Å²) in [4.78, 5) is 0. The molecule has 7 heteroatoms. The molecule has 3 aromatic rings. The summed E-state index contributed by atoms with van der Waals surface area (Å²) in [5.41, 5.74) is 1.72. The number of aromatic nitrogens is 3. The summed E-state index contributed by atoms with van der Waals surface area (Å²) in [6.45, 7) is 0. The first-order valence-electron chi connectivity index (χ1n) is 5.43. The van der Waals surface area contributed by atoms with E-state index in [0.717, 1.165) is 15.7 Å². The van der Waals surface area contributed by atoms with Gasteiger partial charge in [0.1, 0.15) is 6.26 Å². The third-order valence-corrected chi connectivity index (χ3v) is 3.66. The van der Waals surface area contributed by atoms with Crippen LogP contribution in [0.4, 0.5) is 0 Å². The number of halogens is 1. The van der Waals surface area contributed by atoms with Crippen LogP contribution in [0.25, 0.3) is 11.5 Å². The minimum atomic E-state index is 0.504. The zero-order chi connectivity index (χ0) is 13.1. The van der Waals surface area contributed by atoms with Gasteiger partial charge in [-0.15, -0.1) is 10.2 Å². The molecule has 0 saturated heterocycles. The molecular weight excluding hydrogens is 330 g/mol. The van der Waals surface area contributed by atoms with Gasteiger partial charge in [0, 0.05) is 21.9 Å². The van der Waals surface area contributed by atoms with E-state index in [-0.39, 0.29) is 0 Å². The quantitative estimate of drug-likeness (QED) is 0.675. The first-order chi connectivity index (χ1) is 9.31. The van der Waals surface area contributed by atoms with E-state index in [1.807, 2.05) is 24.3 Å². The fourth-order valence-electron chi connectivity index (χ4n) is 1.45. The lowest BCUT2D eigenvalue weighted by Gasteiger charge is -1.95. The van der Waals surface area contributed by atoms with Crippen LogP contribution in [-0.4, -0.2) is 15.4 Å². The number of benzene rings is 1. The van der Waals surface area contributed by atoms with E-state index in [4.69, 9.17) is 8.94 Å². The van der Waals surface area contributed by atoms with Gasteiger partial charge in [0.05, 0.1) is 5.69 Å². The van der Waals surface area contributed by atoms with Crippen molar-refractivity contribution in [1.29, 1.82) is 0 Å². The van der Waals surface area contributed by atoms with E-state index in [9.17, 15) is 0 Å². The normalized spacial score (nSPS) is 10.8. The molecule has 0 aliphatic carbocycles. The van der Waals surface area contributed by atoms with E-state index in [0.29, 0.717) is 16.9 Å². The average Bonchev–Trinajstić information content (AvgIpc) is 3.08. The van der Waals surface area contributed by atoms with E-state index >= 15 is 0 Å². The molecule has 0 amide bonds. The van der Waals surface area contributed by atoms with Crippen molar-refractivity contribution in [2.24, 2.45) is 0 Å². The average molecular weight is 338 g/mol. The van der Waals surface area contributed by atoms with Crippen LogP contribution < -0.4 is 0 Å². The van der Waals surface area contributed by atoms with Gasteiger partial charge in [0.25, 0.3) is 5.22 Å². The lowest BCUT2D eigenvalue weighted by atomic mass is 10.2. The minimum absolute atomic E-state index is 0.504. The van der Waals surface area contributed by atoms with Crippen LogP contribution in [0.5, 0.6) is 0 Å². The van der Waals surface area contributed by atoms with Crippen molar-refractivity contribution in [2.45, 2.75) is 11.0 Å². The number of thioether (sulfide) groups is 1. The molecule has 2 heterocycles. The summed E-state index contributed by atoms with van der Waals surface area (Å²) in [5, 5.41) is 12.3. The molecule has 0 spiro atoms. The second-order valence-electron chi connectivity index (χ2n) is 3.66. The van der Waals surface area contributed by atoms with Gasteiger partial charge >= 0.3 is 0 Å². The van der Waals surface area contributed by atoms with Crippen LogP contribution in [0, 0.1) is 0 Å². The zero-order valence-corrected chi connectivity index (χ0v) is 12.0. The van der Waals surface area contributed by atoms with E-state index in [1.54, 1.807) is 6.07 Å². The first kappa shape index (κ1) is 12.4. The number of nitrogens with zero attached hydrogens (tertiary/aromatic N) is 3. The van der Waals surface area contributed by atoms with Gasteiger partial charge in [-0.25, -0.2) is 0 Å². The molecule has 0 unspecified atom stereocenters. The van der Waals surface area contributed by atoms with Crippen LogP contribution in [0.15, 0.2) is 55.2 Å². The number of hydrogen-bond acceptors (Lipinski definition) is 6. The van der Waals surface area contributed by atoms with Crippen LogP contribution in [-0.2, 0) is 5.75 Å². The maximum Gasteiger partial charge on any atom is 0.277 e. The Morgan fingerprint density at radius 1 is 1.21 bits per heavy atom. The van der Waals surface area contributed by atoms with Gasteiger partial charge in [-0.1, -0.05) is 38.9 Å². The molecule has 3 rings (SSSR count). The van der Waals surface area contributed by atoms with E-state index < -0.39 is 0 Å². The largest absolute Gasteiger partial charge is 0.411 e. The maximum absolute atomic E-state index is 5.58. The number of rotatable bonds is 4. The molecule has 2 aromatic heterocycles. The van der Waals surface area contributed by atoms with Crippen molar-refractivity contribution in [2.75, 3.05) is 0 Å². The Morgan fingerprint density at radius 3 is 2.95 bits per heavy atom. The molecule has 19 heavy (non-hydrogen) atoms. The Labute approximate surface area is 121 Å². The van der Waals surface area contributed by atoms with E-state index in [1.165, 1.54) is 18.0 Å². The SMILES string of the molecule is Brc1cccc(-c2nnc(SCc3ccon3)o2)c1. The lowest BCUT2D eigenvalue weighted by molar-refractivity contribution is 0.414. The maximum atomic E-state index is 5.58. The second-order valence-corrected chi connectivity index (χ2v) is 5.51. The standard InChI is InChI=1S/C12H8BrN3O2S/c13-9-3-1-2-8(6-9)11-14-15-12(18-11)19-7-10-4-5-17-16-10/h1-6H,7H2. The Morgan fingerprint density at radius 2 is 2.16 bits per heavy atom. The summed E-state index contributed by atoms with van der Waals surface area (Å²) in [6.07, 6.45) is 1.54. The summed E-state index contributed by atoms with van der Waals surface area (Å²) in [5.74, 6) is 1.14. The van der Waals surface area contributed by atoms with Crippen LogP contribution in [0.2, 0.25) is 0 Å². The molecule has 0 aliphatic heterocycles. The highest BCUT2D eigenvalue weighted by atomic mass is 79.9. The van der Waals surface area contributed by atoms with Gasteiger partial charge in [0.2, 0.25) is 5.89 Å². The van der Waals surface area contributed by atoms with Crippen LogP contribution in [0.1, 0.15) is 5.69 Å². The first-order valence-corrected chi connectivity index (χ1v) is 7.20. The fourth-order valence-corrected chi connectivity index (χ4v) is 2.51. The third-order valence-electron chi connectivity index (χ3n) is 2.31. The Bertz CT molecular complexity index is 669. The van der Waals surface area contributed by atoms with Gasteiger partial charge in [-0.2, -0.15) is 0 Å². The van der Waals surface area contributed by atoms with Crippen molar-refractivity contribution < 1.29 is 8.94 Å².